The van der Waals surface area contributed by atoms with Gasteiger partial charge in [-0.05, 0) is 82.4 Å². The summed E-state index contributed by atoms with van der Waals surface area (Å²) in [7, 11) is 5.54. The lowest BCUT2D eigenvalue weighted by atomic mass is 9.97. The first-order valence-electron chi connectivity index (χ1n) is 17.5. The standard InChI is InChI=1S/C36H54N10O3/c1-24-25(2)28(17-16-26(24)22-30(48)44(3)4)39-36(49)32-31-33(38)40-34(41-35(31)43-42-32)27-14-12-21-46(23-27)29(47)15-13-20-45(5)19-11-9-7-6-8-10-18-37/h13,15-17,27H,6-12,14,18-23,37H2,1-5H3,(H,39,49)(H3,38,40,41,42,43)/b15-13+/t27-/m1/s1. The fourth-order valence-corrected chi connectivity index (χ4v) is 6.18. The molecule has 13 nitrogen and oxygen atoms in total. The number of aromatic nitrogens is 4. The van der Waals surface area contributed by atoms with Crippen molar-refractivity contribution < 1.29 is 14.4 Å². The van der Waals surface area contributed by atoms with Gasteiger partial charge < -0.3 is 31.5 Å². The zero-order chi connectivity index (χ0) is 35.5. The van der Waals surface area contributed by atoms with Crippen molar-refractivity contribution in [3.8, 4) is 0 Å². The Morgan fingerprint density at radius 2 is 1.78 bits per heavy atom. The third kappa shape index (κ3) is 10.1. The number of carbonyl (C=O) groups is 3. The van der Waals surface area contributed by atoms with Gasteiger partial charge in [-0.3, -0.25) is 19.5 Å². The molecule has 4 rings (SSSR count). The van der Waals surface area contributed by atoms with Gasteiger partial charge in [0.05, 0.1) is 11.8 Å². The Morgan fingerprint density at radius 3 is 2.51 bits per heavy atom. The van der Waals surface area contributed by atoms with E-state index >= 15 is 0 Å². The van der Waals surface area contributed by atoms with E-state index in [-0.39, 0.29) is 35.7 Å². The number of likely N-dealkylation sites (N-methyl/N-ethyl adjacent to an activating group) is 2. The minimum absolute atomic E-state index is 0.00708. The van der Waals surface area contributed by atoms with Crippen molar-refractivity contribution in [3.05, 3.63) is 52.5 Å². The summed E-state index contributed by atoms with van der Waals surface area (Å²) in [5.41, 5.74) is 15.8. The van der Waals surface area contributed by atoms with E-state index in [0.29, 0.717) is 35.6 Å². The van der Waals surface area contributed by atoms with E-state index in [9.17, 15) is 14.4 Å². The maximum absolute atomic E-state index is 13.4. The fraction of sp³-hybridized carbons (Fsp3) is 0.556. The van der Waals surface area contributed by atoms with Gasteiger partial charge in [0.15, 0.2) is 5.65 Å². The second-order valence-electron chi connectivity index (χ2n) is 13.4. The Bertz CT molecular complexity index is 1630. The molecule has 0 unspecified atom stereocenters. The molecule has 1 aliphatic rings. The molecule has 0 radical (unpaired) electrons. The van der Waals surface area contributed by atoms with Crippen molar-refractivity contribution in [3.63, 3.8) is 0 Å². The summed E-state index contributed by atoms with van der Waals surface area (Å²) in [5.74, 6) is 0.146. The topological polar surface area (TPSA) is 179 Å². The van der Waals surface area contributed by atoms with Crippen LogP contribution in [0, 0.1) is 13.8 Å². The molecule has 1 fully saturated rings. The van der Waals surface area contributed by atoms with E-state index in [1.54, 1.807) is 31.1 Å². The Kier molecular flexibility index (Phi) is 13.7. The predicted octanol–water partition coefficient (Wildman–Crippen LogP) is 3.93. The molecule has 0 bridgehead atoms. The van der Waals surface area contributed by atoms with Gasteiger partial charge in [0.1, 0.15) is 17.3 Å². The first-order valence-corrected chi connectivity index (χ1v) is 17.5. The molecule has 1 atom stereocenters. The van der Waals surface area contributed by atoms with Crippen LogP contribution in [0.1, 0.15) is 90.3 Å². The molecule has 3 amide bonds. The molecule has 3 heterocycles. The van der Waals surface area contributed by atoms with E-state index in [2.05, 4.69) is 37.4 Å². The van der Waals surface area contributed by atoms with Gasteiger partial charge >= 0.3 is 0 Å². The van der Waals surface area contributed by atoms with E-state index in [1.807, 2.05) is 30.9 Å². The van der Waals surface area contributed by atoms with Crippen LogP contribution in [0.25, 0.3) is 11.0 Å². The number of hydrogen-bond donors (Lipinski definition) is 4. The highest BCUT2D eigenvalue weighted by molar-refractivity contribution is 6.13. The van der Waals surface area contributed by atoms with Gasteiger partial charge in [-0.25, -0.2) is 9.97 Å². The average molecular weight is 675 g/mol. The molecule has 6 N–H and O–H groups in total. The Balaban J connectivity index is 1.34. The first kappa shape index (κ1) is 37.5. The molecule has 0 aliphatic carbocycles. The number of piperidine rings is 1. The lowest BCUT2D eigenvalue weighted by molar-refractivity contribution is -0.128. The highest BCUT2D eigenvalue weighted by atomic mass is 16.2. The quantitative estimate of drug-likeness (QED) is 0.129. The number of unbranched alkanes of at least 4 members (excludes halogenated alkanes) is 5. The zero-order valence-corrected chi connectivity index (χ0v) is 29.8. The smallest absolute Gasteiger partial charge is 0.274 e. The fourth-order valence-electron chi connectivity index (χ4n) is 6.18. The number of rotatable bonds is 16. The number of amides is 3. The Morgan fingerprint density at radius 1 is 1.04 bits per heavy atom. The third-order valence-electron chi connectivity index (χ3n) is 9.44. The van der Waals surface area contributed by atoms with Crippen molar-refractivity contribution in [2.24, 2.45) is 5.73 Å². The molecule has 49 heavy (non-hydrogen) atoms. The van der Waals surface area contributed by atoms with Crippen LogP contribution in [0.15, 0.2) is 24.3 Å². The molecule has 0 spiro atoms. The van der Waals surface area contributed by atoms with Crippen molar-refractivity contribution in [2.45, 2.75) is 77.6 Å². The Hall–Kier alpha value is -4.36. The number of nitrogens with two attached hydrogens (primary N) is 2. The zero-order valence-electron chi connectivity index (χ0n) is 29.8. The number of anilines is 2. The molecule has 266 valence electrons. The van der Waals surface area contributed by atoms with Gasteiger partial charge in [0.2, 0.25) is 11.8 Å². The van der Waals surface area contributed by atoms with Crippen molar-refractivity contribution >= 4 is 40.3 Å². The highest BCUT2D eigenvalue weighted by Crippen LogP contribution is 2.29. The van der Waals surface area contributed by atoms with E-state index in [4.69, 9.17) is 11.5 Å². The van der Waals surface area contributed by atoms with Crippen LogP contribution >= 0.6 is 0 Å². The van der Waals surface area contributed by atoms with E-state index in [1.165, 1.54) is 25.7 Å². The van der Waals surface area contributed by atoms with Crippen LogP contribution in [0.5, 0.6) is 0 Å². The van der Waals surface area contributed by atoms with Crippen molar-refractivity contribution in [1.29, 1.82) is 0 Å². The summed E-state index contributed by atoms with van der Waals surface area (Å²) in [5, 5.41) is 10.4. The number of benzene rings is 1. The van der Waals surface area contributed by atoms with Gasteiger partial charge in [0.25, 0.3) is 5.91 Å². The average Bonchev–Trinajstić information content (AvgIpc) is 3.52. The molecule has 1 saturated heterocycles. The molecule has 0 saturated carbocycles. The monoisotopic (exact) mass is 674 g/mol. The molecular formula is C36H54N10O3. The second-order valence-corrected chi connectivity index (χ2v) is 13.4. The summed E-state index contributed by atoms with van der Waals surface area (Å²) in [6.07, 6.45) is 12.7. The number of fused-ring (bicyclic) bond motifs is 1. The summed E-state index contributed by atoms with van der Waals surface area (Å²) in [4.78, 5) is 53.6. The maximum atomic E-state index is 13.4. The van der Waals surface area contributed by atoms with Crippen molar-refractivity contribution in [1.82, 2.24) is 34.9 Å². The minimum atomic E-state index is -0.421. The maximum Gasteiger partial charge on any atom is 0.274 e. The molecular weight excluding hydrogens is 620 g/mol. The van der Waals surface area contributed by atoms with Gasteiger partial charge in [0, 0.05) is 51.4 Å². The third-order valence-corrected chi connectivity index (χ3v) is 9.44. The first-order chi connectivity index (χ1) is 23.5. The molecule has 3 aromatic rings. The largest absolute Gasteiger partial charge is 0.383 e. The number of carbonyl (C=O) groups excluding carboxylic acids is 3. The molecule has 13 heteroatoms. The minimum Gasteiger partial charge on any atom is -0.383 e. The molecule has 1 aliphatic heterocycles. The number of aromatic amines is 1. The predicted molar refractivity (Wildman–Crippen MR) is 194 cm³/mol. The number of H-pyrrole nitrogens is 1. The lowest BCUT2D eigenvalue weighted by Gasteiger charge is -2.31. The molecule has 1 aromatic carbocycles. The van der Waals surface area contributed by atoms with Crippen LogP contribution in [-0.4, -0.2) is 106 Å². The SMILES string of the molecule is Cc1c(CC(=O)N(C)C)ccc(NC(=O)c2[nH]nc3nc([C@@H]4CCCN(C(=O)/C=C/CN(C)CCCCCCCCN)C4)nc(N)c23)c1C. The van der Waals surface area contributed by atoms with Crippen molar-refractivity contribution in [2.75, 3.05) is 64.9 Å². The lowest BCUT2D eigenvalue weighted by Crippen LogP contribution is -2.38. The summed E-state index contributed by atoms with van der Waals surface area (Å²) >= 11 is 0. The number of likely N-dealkylation sites (tertiary alicyclic amines) is 1. The van der Waals surface area contributed by atoms with Crippen LogP contribution in [0.3, 0.4) is 0 Å². The van der Waals surface area contributed by atoms with Gasteiger partial charge in [-0.1, -0.05) is 37.8 Å². The highest BCUT2D eigenvalue weighted by Gasteiger charge is 2.28. The normalized spacial score (nSPS) is 15.0. The molecule has 2 aromatic heterocycles. The van der Waals surface area contributed by atoms with Crippen LogP contribution in [0.4, 0.5) is 11.5 Å². The van der Waals surface area contributed by atoms with Gasteiger partial charge in [-0.2, -0.15) is 5.10 Å². The Labute approximate surface area is 289 Å². The van der Waals surface area contributed by atoms with E-state index < -0.39 is 5.91 Å². The van der Waals surface area contributed by atoms with Crippen LogP contribution < -0.4 is 16.8 Å². The second kappa shape index (κ2) is 17.9. The summed E-state index contributed by atoms with van der Waals surface area (Å²) < 4.78 is 0. The van der Waals surface area contributed by atoms with Crippen LogP contribution in [-0.2, 0) is 16.0 Å². The number of nitrogen functional groups attached to an aromatic ring is 1. The van der Waals surface area contributed by atoms with Gasteiger partial charge in [-0.15, -0.1) is 0 Å². The summed E-state index contributed by atoms with van der Waals surface area (Å²) in [6, 6.07) is 3.66. The number of nitrogens with one attached hydrogen (secondary N) is 2. The number of hydrogen-bond acceptors (Lipinski definition) is 9. The number of nitrogens with zero attached hydrogens (tertiary/aromatic N) is 6. The van der Waals surface area contributed by atoms with E-state index in [0.717, 1.165) is 62.0 Å². The summed E-state index contributed by atoms with van der Waals surface area (Å²) in [6.45, 7) is 7.52. The van der Waals surface area contributed by atoms with Crippen LogP contribution in [0.2, 0.25) is 0 Å².